The van der Waals surface area contributed by atoms with Crippen molar-refractivity contribution in [3.8, 4) is 39.9 Å². The Morgan fingerprint density at radius 3 is 2.12 bits per heavy atom. The Labute approximate surface area is 201 Å². The highest BCUT2D eigenvalue weighted by molar-refractivity contribution is 5.85. The number of carbonyl (C=O) groups excluding carboxylic acids is 1. The summed E-state index contributed by atoms with van der Waals surface area (Å²) < 4.78 is 40.0. The molecule has 0 aromatic heterocycles. The van der Waals surface area contributed by atoms with Crippen molar-refractivity contribution >= 4 is 5.97 Å². The van der Waals surface area contributed by atoms with Crippen LogP contribution in [-0.2, 0) is 33.7 Å². The third kappa shape index (κ3) is 4.87. The number of rotatable bonds is 9. The van der Waals surface area contributed by atoms with E-state index in [2.05, 4.69) is 0 Å². The van der Waals surface area contributed by atoms with Crippen LogP contribution in [-0.4, -0.2) is 53.7 Å². The number of hydrogen-bond acceptors (Lipinski definition) is 8. The summed E-state index contributed by atoms with van der Waals surface area (Å²) in [7, 11) is 7.99. The van der Waals surface area contributed by atoms with Gasteiger partial charge in [0.2, 0.25) is 5.75 Å². The summed E-state index contributed by atoms with van der Waals surface area (Å²) in [6.07, 6.45) is 0.790. The Bertz CT molecular complexity index is 1050. The molecule has 0 aliphatic carbocycles. The first-order valence-electron chi connectivity index (χ1n) is 11.2. The molecule has 0 fully saturated rings. The SMILES string of the molecule is COc1cc(CC(C)OC(C)=O)c(-c2c3c(c(OC)c(OC)c2OC)COC(C)C3)cc1OC. The van der Waals surface area contributed by atoms with Crippen molar-refractivity contribution < 1.29 is 38.0 Å². The molecular formula is C26H34O8. The Morgan fingerprint density at radius 1 is 0.941 bits per heavy atom. The first-order chi connectivity index (χ1) is 16.3. The number of fused-ring (bicyclic) bond motifs is 1. The van der Waals surface area contributed by atoms with E-state index in [9.17, 15) is 4.79 Å². The molecule has 0 saturated carbocycles. The molecule has 3 rings (SSSR count). The van der Waals surface area contributed by atoms with Crippen LogP contribution in [0.2, 0.25) is 0 Å². The minimum Gasteiger partial charge on any atom is -0.493 e. The van der Waals surface area contributed by atoms with E-state index in [0.29, 0.717) is 48.2 Å². The summed E-state index contributed by atoms with van der Waals surface area (Å²) in [5, 5.41) is 0. The lowest BCUT2D eigenvalue weighted by Gasteiger charge is -2.30. The van der Waals surface area contributed by atoms with Crippen molar-refractivity contribution in [3.05, 3.63) is 28.8 Å². The van der Waals surface area contributed by atoms with Crippen molar-refractivity contribution in [2.75, 3.05) is 35.5 Å². The highest BCUT2D eigenvalue weighted by Gasteiger charge is 2.32. The van der Waals surface area contributed by atoms with E-state index in [1.165, 1.54) is 6.92 Å². The Balaban J connectivity index is 2.38. The van der Waals surface area contributed by atoms with Crippen LogP contribution >= 0.6 is 0 Å². The molecule has 8 heteroatoms. The molecule has 34 heavy (non-hydrogen) atoms. The van der Waals surface area contributed by atoms with Gasteiger partial charge in [0.15, 0.2) is 23.0 Å². The van der Waals surface area contributed by atoms with Gasteiger partial charge in [0.1, 0.15) is 6.10 Å². The molecule has 0 spiro atoms. The summed E-state index contributed by atoms with van der Waals surface area (Å²) in [6, 6.07) is 3.85. The van der Waals surface area contributed by atoms with E-state index in [-0.39, 0.29) is 18.2 Å². The lowest BCUT2D eigenvalue weighted by atomic mass is 9.85. The Hall–Kier alpha value is -3.13. The summed E-state index contributed by atoms with van der Waals surface area (Å²) in [6.45, 7) is 5.69. The number of esters is 1. The first kappa shape index (κ1) is 25.5. The molecule has 0 amide bonds. The lowest BCUT2D eigenvalue weighted by Crippen LogP contribution is -2.22. The van der Waals surface area contributed by atoms with Crippen LogP contribution in [0.1, 0.15) is 37.5 Å². The van der Waals surface area contributed by atoms with E-state index in [4.69, 9.17) is 33.2 Å². The third-order valence-electron chi connectivity index (χ3n) is 5.95. The first-order valence-corrected chi connectivity index (χ1v) is 11.2. The van der Waals surface area contributed by atoms with Gasteiger partial charge in [0.25, 0.3) is 0 Å². The topological polar surface area (TPSA) is 81.7 Å². The predicted molar refractivity (Wildman–Crippen MR) is 128 cm³/mol. The number of hydrogen-bond donors (Lipinski definition) is 0. The van der Waals surface area contributed by atoms with Crippen LogP contribution in [0.3, 0.4) is 0 Å². The maximum atomic E-state index is 11.6. The molecule has 1 aliphatic rings. The fraction of sp³-hybridized carbons (Fsp3) is 0.500. The number of benzene rings is 2. The zero-order valence-corrected chi connectivity index (χ0v) is 21.2. The van der Waals surface area contributed by atoms with E-state index in [1.807, 2.05) is 26.0 Å². The second kappa shape index (κ2) is 10.9. The van der Waals surface area contributed by atoms with Gasteiger partial charge in [-0.25, -0.2) is 0 Å². The fourth-order valence-corrected chi connectivity index (χ4v) is 4.57. The van der Waals surface area contributed by atoms with Gasteiger partial charge in [0, 0.05) is 24.5 Å². The summed E-state index contributed by atoms with van der Waals surface area (Å²) >= 11 is 0. The van der Waals surface area contributed by atoms with E-state index in [0.717, 1.165) is 27.8 Å². The van der Waals surface area contributed by atoms with Crippen LogP contribution in [0.25, 0.3) is 11.1 Å². The van der Waals surface area contributed by atoms with E-state index < -0.39 is 0 Å². The average Bonchev–Trinajstić information content (AvgIpc) is 2.81. The van der Waals surface area contributed by atoms with E-state index >= 15 is 0 Å². The molecule has 8 nitrogen and oxygen atoms in total. The van der Waals surface area contributed by atoms with Crippen LogP contribution in [0, 0.1) is 0 Å². The molecule has 0 bridgehead atoms. The molecule has 2 aromatic rings. The molecule has 1 heterocycles. The summed E-state index contributed by atoms with van der Waals surface area (Å²) in [4.78, 5) is 11.6. The van der Waals surface area contributed by atoms with Crippen LogP contribution in [0.15, 0.2) is 12.1 Å². The number of methoxy groups -OCH3 is 5. The molecule has 2 aromatic carbocycles. The van der Waals surface area contributed by atoms with Crippen molar-refractivity contribution in [2.45, 2.75) is 52.4 Å². The highest BCUT2D eigenvalue weighted by Crippen LogP contribution is 2.53. The van der Waals surface area contributed by atoms with Crippen LogP contribution < -0.4 is 23.7 Å². The normalized spacial score (nSPS) is 15.7. The van der Waals surface area contributed by atoms with Crippen molar-refractivity contribution in [1.29, 1.82) is 0 Å². The van der Waals surface area contributed by atoms with Gasteiger partial charge in [-0.05, 0) is 49.1 Å². The summed E-state index contributed by atoms with van der Waals surface area (Å²) in [5.41, 5.74) is 4.64. The smallest absolute Gasteiger partial charge is 0.302 e. The summed E-state index contributed by atoms with van der Waals surface area (Å²) in [5.74, 6) is 2.47. The second-order valence-corrected chi connectivity index (χ2v) is 8.25. The molecule has 2 atom stereocenters. The minimum atomic E-state index is -0.349. The number of ether oxygens (including phenoxy) is 7. The highest BCUT2D eigenvalue weighted by atomic mass is 16.5. The van der Waals surface area contributed by atoms with Crippen LogP contribution in [0.4, 0.5) is 0 Å². The minimum absolute atomic E-state index is 0.0117. The van der Waals surface area contributed by atoms with Gasteiger partial charge in [0.05, 0.1) is 48.3 Å². The van der Waals surface area contributed by atoms with Gasteiger partial charge in [-0.2, -0.15) is 0 Å². The average molecular weight is 475 g/mol. The predicted octanol–water partition coefficient (Wildman–Crippen LogP) is 4.35. The third-order valence-corrected chi connectivity index (χ3v) is 5.95. The van der Waals surface area contributed by atoms with Crippen molar-refractivity contribution in [1.82, 2.24) is 0 Å². The molecule has 0 saturated heterocycles. The molecule has 2 unspecified atom stereocenters. The van der Waals surface area contributed by atoms with Gasteiger partial charge >= 0.3 is 5.97 Å². The second-order valence-electron chi connectivity index (χ2n) is 8.25. The van der Waals surface area contributed by atoms with Crippen molar-refractivity contribution in [3.63, 3.8) is 0 Å². The fourth-order valence-electron chi connectivity index (χ4n) is 4.57. The zero-order valence-electron chi connectivity index (χ0n) is 21.2. The quantitative estimate of drug-likeness (QED) is 0.496. The van der Waals surface area contributed by atoms with E-state index in [1.54, 1.807) is 35.5 Å². The standard InChI is InChI=1S/C26H34O8/c1-14-10-19-20(13-33-14)24(30-6)26(32-8)25(31-7)23(19)18-12-22(29-5)21(28-4)11-17(18)9-15(2)34-16(3)27/h11-12,14-15H,9-10,13H2,1-8H3. The zero-order chi connectivity index (χ0) is 25.0. The lowest BCUT2D eigenvalue weighted by molar-refractivity contribution is -0.145. The molecule has 186 valence electrons. The van der Waals surface area contributed by atoms with Gasteiger partial charge < -0.3 is 33.2 Å². The van der Waals surface area contributed by atoms with Gasteiger partial charge in [-0.15, -0.1) is 0 Å². The van der Waals surface area contributed by atoms with Crippen molar-refractivity contribution in [2.24, 2.45) is 0 Å². The maximum Gasteiger partial charge on any atom is 0.302 e. The largest absolute Gasteiger partial charge is 0.493 e. The Morgan fingerprint density at radius 2 is 1.56 bits per heavy atom. The molecule has 0 N–H and O–H groups in total. The molecular weight excluding hydrogens is 440 g/mol. The van der Waals surface area contributed by atoms with Gasteiger partial charge in [-0.3, -0.25) is 4.79 Å². The molecule has 1 aliphatic heterocycles. The van der Waals surface area contributed by atoms with Crippen LogP contribution in [0.5, 0.6) is 28.7 Å². The maximum absolute atomic E-state index is 11.6. The monoisotopic (exact) mass is 474 g/mol. The van der Waals surface area contributed by atoms with Gasteiger partial charge in [-0.1, -0.05) is 0 Å². The molecule has 0 radical (unpaired) electrons. The number of carbonyl (C=O) groups is 1. The Kier molecular flexibility index (Phi) is 8.15.